The summed E-state index contributed by atoms with van der Waals surface area (Å²) in [5.74, 6) is 2.12. The highest BCUT2D eigenvalue weighted by Crippen LogP contribution is 2.37. The molecule has 3 aromatic rings. The van der Waals surface area contributed by atoms with Crippen molar-refractivity contribution < 1.29 is 14.3 Å². The molecule has 0 saturated heterocycles. The first kappa shape index (κ1) is 21.4. The molecule has 1 saturated carbocycles. The van der Waals surface area contributed by atoms with Crippen molar-refractivity contribution in [2.45, 2.75) is 44.9 Å². The molecule has 0 N–H and O–H groups in total. The second-order valence-electron chi connectivity index (χ2n) is 8.99. The van der Waals surface area contributed by atoms with Gasteiger partial charge in [0, 0.05) is 11.1 Å². The van der Waals surface area contributed by atoms with Gasteiger partial charge in [0.1, 0.15) is 5.75 Å². The number of rotatable bonds is 5. The second-order valence-corrected chi connectivity index (χ2v) is 8.99. The minimum absolute atomic E-state index is 0.279. The van der Waals surface area contributed by atoms with Gasteiger partial charge in [0.2, 0.25) is 5.90 Å². The maximum atomic E-state index is 12.6. The van der Waals surface area contributed by atoms with Crippen molar-refractivity contribution in [2.24, 2.45) is 10.9 Å². The average Bonchev–Trinajstić information content (AvgIpc) is 3.24. The van der Waals surface area contributed by atoms with Crippen molar-refractivity contribution >= 4 is 28.7 Å². The van der Waals surface area contributed by atoms with E-state index in [4.69, 9.17) is 9.47 Å². The van der Waals surface area contributed by atoms with Gasteiger partial charge in [-0.15, -0.1) is 0 Å². The molecule has 1 fully saturated rings. The monoisotopic (exact) mass is 439 g/mol. The molecule has 168 valence electrons. The summed E-state index contributed by atoms with van der Waals surface area (Å²) >= 11 is 0. The van der Waals surface area contributed by atoms with Gasteiger partial charge in [0.05, 0.1) is 7.11 Å². The van der Waals surface area contributed by atoms with Crippen LogP contribution in [0.3, 0.4) is 0 Å². The Balaban J connectivity index is 1.41. The molecule has 5 rings (SSSR count). The Morgan fingerprint density at radius 2 is 1.76 bits per heavy atom. The van der Waals surface area contributed by atoms with Crippen LogP contribution in [0.2, 0.25) is 0 Å². The molecule has 1 aliphatic heterocycles. The number of ether oxygens (including phenoxy) is 2. The van der Waals surface area contributed by atoms with Crippen molar-refractivity contribution in [3.63, 3.8) is 0 Å². The Hall–Kier alpha value is -3.40. The van der Waals surface area contributed by atoms with Gasteiger partial charge in [0.15, 0.2) is 5.70 Å². The maximum absolute atomic E-state index is 12.6. The van der Waals surface area contributed by atoms with Gasteiger partial charge >= 0.3 is 5.97 Å². The molecule has 0 radical (unpaired) electrons. The zero-order valence-electron chi connectivity index (χ0n) is 19.2. The van der Waals surface area contributed by atoms with Gasteiger partial charge in [-0.1, -0.05) is 55.8 Å². The summed E-state index contributed by atoms with van der Waals surface area (Å²) in [6.45, 7) is 2.29. The molecule has 1 heterocycles. The second kappa shape index (κ2) is 9.22. The van der Waals surface area contributed by atoms with E-state index in [1.165, 1.54) is 37.7 Å². The molecule has 4 heteroatoms. The quantitative estimate of drug-likeness (QED) is 0.322. The fourth-order valence-corrected chi connectivity index (χ4v) is 5.07. The van der Waals surface area contributed by atoms with E-state index in [0.29, 0.717) is 17.6 Å². The number of fused-ring (bicyclic) bond motifs is 1. The lowest BCUT2D eigenvalue weighted by atomic mass is 9.78. The van der Waals surface area contributed by atoms with Gasteiger partial charge in [-0.2, -0.15) is 0 Å². The minimum Gasteiger partial charge on any atom is -0.496 e. The van der Waals surface area contributed by atoms with Crippen molar-refractivity contribution in [3.8, 4) is 5.75 Å². The third-order valence-corrected chi connectivity index (χ3v) is 7.11. The number of carbonyl (C=O) groups is 1. The zero-order chi connectivity index (χ0) is 22.8. The molecule has 0 bridgehead atoms. The van der Waals surface area contributed by atoms with Crippen LogP contribution in [0, 0.1) is 5.92 Å². The van der Waals surface area contributed by atoms with Crippen LogP contribution < -0.4 is 4.74 Å². The first-order chi connectivity index (χ1) is 16.2. The van der Waals surface area contributed by atoms with Crippen molar-refractivity contribution in [1.29, 1.82) is 0 Å². The standard InChI is InChI=1S/C29H29NO3/c1-3-19-8-10-20(11-9-19)21-12-14-23(15-13-21)28-30-26(29(31)33-28)18-25-24-7-5-4-6-22(24)16-17-27(25)32-2/h4-7,12-20H,3,8-11H2,1-2H3/b26-18-. The number of aliphatic imine (C=N–C) groups is 1. The van der Waals surface area contributed by atoms with Gasteiger partial charge in [-0.05, 0) is 78.1 Å². The van der Waals surface area contributed by atoms with Crippen LogP contribution >= 0.6 is 0 Å². The van der Waals surface area contributed by atoms with E-state index in [0.717, 1.165) is 27.8 Å². The third kappa shape index (κ3) is 4.30. The smallest absolute Gasteiger partial charge is 0.363 e. The van der Waals surface area contributed by atoms with Gasteiger partial charge < -0.3 is 9.47 Å². The predicted octanol–water partition coefficient (Wildman–Crippen LogP) is 6.88. The molecule has 0 atom stereocenters. The highest BCUT2D eigenvalue weighted by molar-refractivity contribution is 6.13. The van der Waals surface area contributed by atoms with E-state index >= 15 is 0 Å². The Kier molecular flexibility index (Phi) is 5.99. The first-order valence-electron chi connectivity index (χ1n) is 11.8. The Morgan fingerprint density at radius 3 is 2.48 bits per heavy atom. The molecule has 0 amide bonds. The van der Waals surface area contributed by atoms with E-state index < -0.39 is 5.97 Å². The molecular weight excluding hydrogens is 410 g/mol. The lowest BCUT2D eigenvalue weighted by molar-refractivity contribution is -0.129. The number of carbonyl (C=O) groups excluding carboxylic acids is 1. The first-order valence-corrected chi connectivity index (χ1v) is 11.8. The molecule has 4 nitrogen and oxygen atoms in total. The van der Waals surface area contributed by atoms with Gasteiger partial charge in [-0.3, -0.25) is 0 Å². The lowest BCUT2D eigenvalue weighted by Gasteiger charge is -2.28. The summed E-state index contributed by atoms with van der Waals surface area (Å²) in [4.78, 5) is 17.2. The number of hydrogen-bond acceptors (Lipinski definition) is 4. The van der Waals surface area contributed by atoms with Crippen molar-refractivity contribution in [1.82, 2.24) is 0 Å². The lowest BCUT2D eigenvalue weighted by Crippen LogP contribution is -2.13. The number of cyclic esters (lactones) is 1. The fourth-order valence-electron chi connectivity index (χ4n) is 5.07. The van der Waals surface area contributed by atoms with E-state index in [9.17, 15) is 4.79 Å². The van der Waals surface area contributed by atoms with Crippen LogP contribution in [-0.4, -0.2) is 19.0 Å². The molecule has 0 spiro atoms. The highest BCUT2D eigenvalue weighted by Gasteiger charge is 2.26. The molecule has 33 heavy (non-hydrogen) atoms. The maximum Gasteiger partial charge on any atom is 0.363 e. The van der Waals surface area contributed by atoms with E-state index in [-0.39, 0.29) is 5.70 Å². The Bertz CT molecular complexity index is 1230. The molecule has 3 aromatic carbocycles. The van der Waals surface area contributed by atoms with Gasteiger partial charge in [-0.25, -0.2) is 9.79 Å². The Labute approximate surface area is 194 Å². The number of esters is 1. The minimum atomic E-state index is -0.443. The summed E-state index contributed by atoms with van der Waals surface area (Å²) in [5, 5.41) is 2.08. The summed E-state index contributed by atoms with van der Waals surface area (Å²) in [6.07, 6.45) is 8.20. The van der Waals surface area contributed by atoms with E-state index in [2.05, 4.69) is 24.0 Å². The van der Waals surface area contributed by atoms with Crippen molar-refractivity contribution in [2.75, 3.05) is 7.11 Å². The van der Waals surface area contributed by atoms with Crippen LogP contribution in [0.15, 0.2) is 71.4 Å². The highest BCUT2D eigenvalue weighted by atomic mass is 16.6. The molecule has 0 aromatic heterocycles. The van der Waals surface area contributed by atoms with Crippen LogP contribution in [0.4, 0.5) is 0 Å². The topological polar surface area (TPSA) is 47.9 Å². The number of hydrogen-bond donors (Lipinski definition) is 0. The molecule has 0 unspecified atom stereocenters. The number of nitrogens with zero attached hydrogens (tertiary/aromatic N) is 1. The van der Waals surface area contributed by atoms with Crippen LogP contribution in [0.25, 0.3) is 16.8 Å². The van der Waals surface area contributed by atoms with Gasteiger partial charge in [0.25, 0.3) is 0 Å². The zero-order valence-corrected chi connectivity index (χ0v) is 19.2. The van der Waals surface area contributed by atoms with Crippen LogP contribution in [-0.2, 0) is 9.53 Å². The SMILES string of the molecule is CCC1CCC(c2ccc(C3=N/C(=C\c4c(OC)ccc5ccccc45)C(=O)O3)cc2)CC1. The Morgan fingerprint density at radius 1 is 1.00 bits per heavy atom. The summed E-state index contributed by atoms with van der Waals surface area (Å²) < 4.78 is 11.1. The number of methoxy groups -OCH3 is 1. The number of benzene rings is 3. The van der Waals surface area contributed by atoms with Crippen LogP contribution in [0.1, 0.15) is 61.6 Å². The normalized spacial score (nSPS) is 21.8. The molecule has 2 aliphatic rings. The summed E-state index contributed by atoms with van der Waals surface area (Å²) in [7, 11) is 1.63. The van der Waals surface area contributed by atoms with Crippen molar-refractivity contribution in [3.05, 3.63) is 83.1 Å². The fraction of sp³-hybridized carbons (Fsp3) is 0.310. The molecule has 1 aliphatic carbocycles. The summed E-state index contributed by atoms with van der Waals surface area (Å²) in [6, 6.07) is 20.3. The van der Waals surface area contributed by atoms with Crippen LogP contribution in [0.5, 0.6) is 5.75 Å². The van der Waals surface area contributed by atoms with E-state index in [1.54, 1.807) is 13.2 Å². The largest absolute Gasteiger partial charge is 0.496 e. The predicted molar refractivity (Wildman–Crippen MR) is 133 cm³/mol. The molecular formula is C29H29NO3. The van der Waals surface area contributed by atoms with E-state index in [1.807, 2.05) is 48.5 Å². The summed E-state index contributed by atoms with van der Waals surface area (Å²) in [5.41, 5.74) is 3.30. The third-order valence-electron chi connectivity index (χ3n) is 7.11. The average molecular weight is 440 g/mol.